The summed E-state index contributed by atoms with van der Waals surface area (Å²) in [6.07, 6.45) is 0.352. The molecule has 6 heteroatoms. The lowest BCUT2D eigenvalue weighted by Gasteiger charge is -2.43. The maximum atomic E-state index is 11.5. The largest absolute Gasteiger partial charge is 0.465 e. The summed E-state index contributed by atoms with van der Waals surface area (Å²) >= 11 is 0. The molecule has 0 aliphatic carbocycles. The Labute approximate surface area is 188 Å². The molecule has 0 fully saturated rings. The lowest BCUT2D eigenvalue weighted by molar-refractivity contribution is 0.176. The summed E-state index contributed by atoms with van der Waals surface area (Å²) in [5.74, 6) is 0.350. The molecule has 2 atom stereocenters. The van der Waals surface area contributed by atoms with Gasteiger partial charge in [0.15, 0.2) is 0 Å². The van der Waals surface area contributed by atoms with Crippen molar-refractivity contribution in [2.24, 2.45) is 11.7 Å². The fraction of sp³-hybridized carbons (Fsp3) is 0.480. The van der Waals surface area contributed by atoms with Gasteiger partial charge in [0.1, 0.15) is 0 Å². The first-order valence-corrected chi connectivity index (χ1v) is 13.0. The predicted octanol–water partition coefficient (Wildman–Crippen LogP) is 3.96. The Morgan fingerprint density at radius 1 is 1.00 bits per heavy atom. The van der Waals surface area contributed by atoms with Crippen LogP contribution in [0, 0.1) is 5.92 Å². The number of hydrogen-bond donors (Lipinski definition) is 3. The fourth-order valence-electron chi connectivity index (χ4n) is 4.09. The summed E-state index contributed by atoms with van der Waals surface area (Å²) in [5.41, 5.74) is 6.22. The number of amides is 1. The van der Waals surface area contributed by atoms with Crippen LogP contribution in [0.5, 0.6) is 0 Å². The van der Waals surface area contributed by atoms with Crippen LogP contribution in [0.3, 0.4) is 0 Å². The normalized spacial score (nSPS) is 14.3. The zero-order valence-corrected chi connectivity index (χ0v) is 20.5. The minimum absolute atomic E-state index is 0.0333. The fourth-order valence-corrected chi connectivity index (χ4v) is 8.69. The Hall–Kier alpha value is -2.15. The van der Waals surface area contributed by atoms with Crippen molar-refractivity contribution >= 4 is 24.8 Å². The first-order chi connectivity index (χ1) is 14.6. The topological polar surface area (TPSA) is 84.6 Å². The molecule has 2 unspecified atom stereocenters. The van der Waals surface area contributed by atoms with E-state index in [0.717, 1.165) is 6.42 Å². The molecule has 2 rings (SSSR count). The van der Waals surface area contributed by atoms with E-state index in [1.807, 2.05) is 36.4 Å². The van der Waals surface area contributed by atoms with Gasteiger partial charge in [0.25, 0.3) is 8.32 Å². The number of carboxylic acid groups (broad SMARTS) is 1. The van der Waals surface area contributed by atoms with E-state index >= 15 is 0 Å². The van der Waals surface area contributed by atoms with Crippen molar-refractivity contribution in [1.29, 1.82) is 0 Å². The molecule has 2 aromatic carbocycles. The van der Waals surface area contributed by atoms with Crippen LogP contribution in [0.25, 0.3) is 0 Å². The molecule has 0 saturated heterocycles. The zero-order valence-electron chi connectivity index (χ0n) is 19.5. The molecule has 0 spiro atoms. The van der Waals surface area contributed by atoms with Crippen molar-refractivity contribution in [2.45, 2.75) is 64.6 Å². The summed E-state index contributed by atoms with van der Waals surface area (Å²) in [5, 5.41) is 14.3. The first kappa shape index (κ1) is 25.1. The number of nitrogens with two attached hydrogens (primary N) is 1. The van der Waals surface area contributed by atoms with E-state index in [1.165, 1.54) is 10.4 Å². The Morgan fingerprint density at radius 2 is 1.48 bits per heavy atom. The Morgan fingerprint density at radius 3 is 1.87 bits per heavy atom. The number of rotatable bonds is 10. The van der Waals surface area contributed by atoms with Crippen LogP contribution in [0.4, 0.5) is 4.79 Å². The van der Waals surface area contributed by atoms with Gasteiger partial charge in [-0.25, -0.2) is 4.79 Å². The highest BCUT2D eigenvalue weighted by Gasteiger charge is 2.50. The Balaban J connectivity index is 2.41. The Bertz CT molecular complexity index is 767. The molecule has 0 aromatic heterocycles. The smallest absolute Gasteiger partial charge is 0.404 e. The van der Waals surface area contributed by atoms with Crippen LogP contribution in [-0.4, -0.2) is 38.2 Å². The molecule has 2 aromatic rings. The van der Waals surface area contributed by atoms with E-state index in [0.29, 0.717) is 18.9 Å². The monoisotopic (exact) mass is 442 g/mol. The van der Waals surface area contributed by atoms with Crippen LogP contribution in [0.2, 0.25) is 5.04 Å². The van der Waals surface area contributed by atoms with E-state index in [9.17, 15) is 9.90 Å². The van der Waals surface area contributed by atoms with E-state index in [1.54, 1.807) is 0 Å². The Kier molecular flexibility index (Phi) is 8.86. The maximum absolute atomic E-state index is 11.5. The SMILES string of the molecule is CC(C)C(N)CCC(CO[Si](c1ccccc1)(c1ccccc1)C(C)(C)C)NC(=O)O. The van der Waals surface area contributed by atoms with Crippen LogP contribution in [0.1, 0.15) is 47.5 Å². The van der Waals surface area contributed by atoms with Crippen LogP contribution >= 0.6 is 0 Å². The molecular formula is C25H38N2O3Si. The summed E-state index contributed by atoms with van der Waals surface area (Å²) in [6.45, 7) is 11.1. The zero-order chi connectivity index (χ0) is 23.1. The van der Waals surface area contributed by atoms with Gasteiger partial charge in [-0.1, -0.05) is 95.3 Å². The number of benzene rings is 2. The van der Waals surface area contributed by atoms with Crippen molar-refractivity contribution in [3.8, 4) is 0 Å². The highest BCUT2D eigenvalue weighted by atomic mass is 28.4. The van der Waals surface area contributed by atoms with Crippen molar-refractivity contribution in [3.63, 3.8) is 0 Å². The van der Waals surface area contributed by atoms with E-state index < -0.39 is 14.4 Å². The third-order valence-corrected chi connectivity index (χ3v) is 11.0. The summed E-state index contributed by atoms with van der Waals surface area (Å²) < 4.78 is 6.89. The molecule has 0 aliphatic heterocycles. The maximum Gasteiger partial charge on any atom is 0.404 e. The van der Waals surface area contributed by atoms with E-state index in [4.69, 9.17) is 10.2 Å². The van der Waals surface area contributed by atoms with Crippen LogP contribution in [-0.2, 0) is 4.43 Å². The number of carbonyl (C=O) groups is 1. The molecule has 0 aliphatic rings. The average Bonchev–Trinajstić information content (AvgIpc) is 2.72. The third kappa shape index (κ3) is 6.42. The van der Waals surface area contributed by atoms with Crippen molar-refractivity contribution in [2.75, 3.05) is 6.61 Å². The third-order valence-electron chi connectivity index (χ3n) is 5.95. The molecule has 0 bridgehead atoms. The van der Waals surface area contributed by atoms with Gasteiger partial charge in [-0.3, -0.25) is 0 Å². The summed E-state index contributed by atoms with van der Waals surface area (Å²) in [7, 11) is -2.71. The molecule has 4 N–H and O–H groups in total. The van der Waals surface area contributed by atoms with Gasteiger partial charge in [0.2, 0.25) is 0 Å². The molecule has 31 heavy (non-hydrogen) atoms. The minimum Gasteiger partial charge on any atom is -0.465 e. The van der Waals surface area contributed by atoms with E-state index in [2.05, 4.69) is 64.2 Å². The van der Waals surface area contributed by atoms with E-state index in [-0.39, 0.29) is 17.1 Å². The second-order valence-corrected chi connectivity index (χ2v) is 13.9. The van der Waals surface area contributed by atoms with Crippen molar-refractivity contribution in [3.05, 3.63) is 60.7 Å². The van der Waals surface area contributed by atoms with Gasteiger partial charge in [0.05, 0.1) is 12.6 Å². The molecule has 5 nitrogen and oxygen atoms in total. The first-order valence-electron chi connectivity index (χ1n) is 11.1. The van der Waals surface area contributed by atoms with Gasteiger partial charge in [-0.05, 0) is 34.2 Å². The number of hydrogen-bond acceptors (Lipinski definition) is 3. The molecule has 0 radical (unpaired) electrons. The molecule has 170 valence electrons. The summed E-state index contributed by atoms with van der Waals surface area (Å²) in [4.78, 5) is 11.5. The van der Waals surface area contributed by atoms with Gasteiger partial charge in [-0.2, -0.15) is 0 Å². The number of nitrogens with one attached hydrogen (secondary N) is 1. The van der Waals surface area contributed by atoms with Gasteiger partial charge in [-0.15, -0.1) is 0 Å². The highest BCUT2D eigenvalue weighted by Crippen LogP contribution is 2.36. The van der Waals surface area contributed by atoms with Gasteiger partial charge in [0, 0.05) is 6.04 Å². The van der Waals surface area contributed by atoms with Crippen LogP contribution in [0.15, 0.2) is 60.7 Å². The standard InChI is InChI=1S/C25H38N2O3Si/c1-19(2)23(26)17-16-20(27-24(28)29)18-30-31(25(3,4)5,21-12-8-6-9-13-21)22-14-10-7-11-15-22/h6-15,19-20,23,27H,16-18,26H2,1-5H3,(H,28,29). The lowest BCUT2D eigenvalue weighted by Crippen LogP contribution is -2.67. The molecular weight excluding hydrogens is 404 g/mol. The van der Waals surface area contributed by atoms with Crippen molar-refractivity contribution in [1.82, 2.24) is 5.32 Å². The molecule has 1 amide bonds. The molecule has 0 saturated carbocycles. The lowest BCUT2D eigenvalue weighted by atomic mass is 9.98. The quantitative estimate of drug-likeness (QED) is 0.486. The van der Waals surface area contributed by atoms with Gasteiger partial charge < -0.3 is 20.6 Å². The highest BCUT2D eigenvalue weighted by molar-refractivity contribution is 6.99. The minimum atomic E-state index is -2.71. The van der Waals surface area contributed by atoms with Gasteiger partial charge >= 0.3 is 6.09 Å². The molecule has 0 heterocycles. The summed E-state index contributed by atoms with van der Waals surface area (Å²) in [6, 6.07) is 20.5. The second-order valence-electron chi connectivity index (χ2n) is 9.61. The predicted molar refractivity (Wildman–Crippen MR) is 131 cm³/mol. The van der Waals surface area contributed by atoms with Crippen molar-refractivity contribution < 1.29 is 14.3 Å². The average molecular weight is 443 g/mol. The van der Waals surface area contributed by atoms with Crippen LogP contribution < -0.4 is 21.4 Å². The second kappa shape index (κ2) is 10.9.